The van der Waals surface area contributed by atoms with Gasteiger partial charge in [0.05, 0.1) is 39.4 Å². The summed E-state index contributed by atoms with van der Waals surface area (Å²) in [5.41, 5.74) is 10.2. The summed E-state index contributed by atoms with van der Waals surface area (Å²) in [4.78, 5) is 0. The molecule has 0 bridgehead atoms. The third-order valence-electron chi connectivity index (χ3n) is 9.92. The molecule has 0 N–H and O–H groups in total. The van der Waals surface area contributed by atoms with Crippen molar-refractivity contribution in [2.75, 3.05) is 0 Å². The third kappa shape index (κ3) is 3.81. The zero-order valence-electron chi connectivity index (χ0n) is 25.9. The SMILES string of the molecule is N#Cc1ccc2c(ccc3c(-n4c5ccccc5c5cc(-c6ccc7c(c6)c6ccccc6n7-c6ccccc6)ccc54)cccc32)c1. The van der Waals surface area contributed by atoms with E-state index < -0.39 is 0 Å². The molecule has 0 spiro atoms. The number of aromatic nitrogens is 2. The molecule has 0 atom stereocenters. The fourth-order valence-electron chi connectivity index (χ4n) is 7.77. The molecule has 10 rings (SSSR count). The minimum Gasteiger partial charge on any atom is -0.309 e. The van der Waals surface area contributed by atoms with Crippen LogP contribution in [0.2, 0.25) is 0 Å². The first-order chi connectivity index (χ1) is 23.8. The molecule has 0 saturated heterocycles. The van der Waals surface area contributed by atoms with Crippen LogP contribution in [-0.2, 0) is 0 Å². The lowest BCUT2D eigenvalue weighted by molar-refractivity contribution is 1.18. The van der Waals surface area contributed by atoms with Gasteiger partial charge in [-0.2, -0.15) is 5.26 Å². The van der Waals surface area contributed by atoms with Crippen molar-refractivity contribution >= 4 is 65.2 Å². The second kappa shape index (κ2) is 10.2. The van der Waals surface area contributed by atoms with Gasteiger partial charge < -0.3 is 9.13 Å². The molecule has 0 aliphatic carbocycles. The Bertz CT molecular complexity index is 2950. The van der Waals surface area contributed by atoms with E-state index in [0.29, 0.717) is 5.56 Å². The predicted molar refractivity (Wildman–Crippen MR) is 200 cm³/mol. The Hall–Kier alpha value is -6.63. The van der Waals surface area contributed by atoms with E-state index in [1.54, 1.807) is 0 Å². The van der Waals surface area contributed by atoms with Crippen LogP contribution in [0, 0.1) is 11.3 Å². The number of nitrogens with zero attached hydrogens (tertiary/aromatic N) is 3. The van der Waals surface area contributed by atoms with E-state index in [1.807, 2.05) is 12.1 Å². The van der Waals surface area contributed by atoms with E-state index in [-0.39, 0.29) is 0 Å². The third-order valence-corrected chi connectivity index (χ3v) is 9.92. The molecular formula is C45H27N3. The molecule has 3 heteroatoms. The van der Waals surface area contributed by atoms with Crippen molar-refractivity contribution in [1.29, 1.82) is 5.26 Å². The molecule has 8 aromatic carbocycles. The van der Waals surface area contributed by atoms with Gasteiger partial charge >= 0.3 is 0 Å². The molecule has 0 radical (unpaired) electrons. The van der Waals surface area contributed by atoms with Crippen molar-refractivity contribution in [2.45, 2.75) is 0 Å². The average Bonchev–Trinajstić information content (AvgIpc) is 3.66. The van der Waals surface area contributed by atoms with Gasteiger partial charge in [0.15, 0.2) is 0 Å². The Kier molecular flexibility index (Phi) is 5.64. The molecule has 0 unspecified atom stereocenters. The summed E-state index contributed by atoms with van der Waals surface area (Å²) in [6.45, 7) is 0. The Balaban J connectivity index is 1.18. The van der Waals surface area contributed by atoms with Gasteiger partial charge in [0.2, 0.25) is 0 Å². The van der Waals surface area contributed by atoms with Crippen molar-refractivity contribution in [3.05, 3.63) is 169 Å². The Morgan fingerprint density at radius 1 is 0.375 bits per heavy atom. The highest BCUT2D eigenvalue weighted by Crippen LogP contribution is 2.40. The summed E-state index contributed by atoms with van der Waals surface area (Å²) in [5.74, 6) is 0. The van der Waals surface area contributed by atoms with E-state index in [1.165, 1.54) is 71.2 Å². The molecule has 222 valence electrons. The van der Waals surface area contributed by atoms with Crippen molar-refractivity contribution in [3.8, 4) is 28.6 Å². The van der Waals surface area contributed by atoms with Gasteiger partial charge in [-0.05, 0) is 94.0 Å². The molecule has 0 amide bonds. The van der Waals surface area contributed by atoms with Gasteiger partial charge in [0.25, 0.3) is 0 Å². The van der Waals surface area contributed by atoms with Gasteiger partial charge in [-0.15, -0.1) is 0 Å². The second-order valence-corrected chi connectivity index (χ2v) is 12.5. The minimum atomic E-state index is 0.678. The summed E-state index contributed by atoms with van der Waals surface area (Å²) < 4.78 is 4.77. The van der Waals surface area contributed by atoms with Crippen LogP contribution in [0.4, 0.5) is 0 Å². The second-order valence-electron chi connectivity index (χ2n) is 12.5. The Morgan fingerprint density at radius 3 is 1.67 bits per heavy atom. The highest BCUT2D eigenvalue weighted by molar-refractivity contribution is 6.15. The number of para-hydroxylation sites is 3. The van der Waals surface area contributed by atoms with Crippen molar-refractivity contribution in [3.63, 3.8) is 0 Å². The molecule has 48 heavy (non-hydrogen) atoms. The van der Waals surface area contributed by atoms with Crippen molar-refractivity contribution in [1.82, 2.24) is 9.13 Å². The predicted octanol–water partition coefficient (Wildman–Crippen LogP) is 11.7. The van der Waals surface area contributed by atoms with Gasteiger partial charge in [-0.25, -0.2) is 0 Å². The lowest BCUT2D eigenvalue weighted by Crippen LogP contribution is -1.95. The van der Waals surface area contributed by atoms with E-state index >= 15 is 0 Å². The first kappa shape index (κ1) is 26.6. The normalized spacial score (nSPS) is 11.7. The smallest absolute Gasteiger partial charge is 0.0991 e. The highest BCUT2D eigenvalue weighted by atomic mass is 15.0. The van der Waals surface area contributed by atoms with Gasteiger partial charge in [-0.3, -0.25) is 0 Å². The van der Waals surface area contributed by atoms with Crippen molar-refractivity contribution < 1.29 is 0 Å². The van der Waals surface area contributed by atoms with Gasteiger partial charge in [0, 0.05) is 32.6 Å². The standard InChI is InChI=1S/C45H27N3/c46-28-29-17-21-34-32(25-29)18-22-38-35(34)13-8-16-43(38)48-42-15-7-5-12-37(42)40-27-31(20-24-45(40)48)30-19-23-44-39(26-30)36-11-4-6-14-41(36)47(44)33-9-2-1-3-10-33/h1-27H. The van der Waals surface area contributed by atoms with E-state index in [9.17, 15) is 5.26 Å². The zero-order valence-corrected chi connectivity index (χ0v) is 25.9. The van der Waals surface area contributed by atoms with Crippen molar-refractivity contribution in [2.24, 2.45) is 0 Å². The summed E-state index contributed by atoms with van der Waals surface area (Å²) in [6, 6.07) is 60.9. The minimum absolute atomic E-state index is 0.678. The number of rotatable bonds is 3. The summed E-state index contributed by atoms with van der Waals surface area (Å²) >= 11 is 0. The lowest BCUT2D eigenvalue weighted by Gasteiger charge is -2.13. The van der Waals surface area contributed by atoms with Crippen LogP contribution in [0.5, 0.6) is 0 Å². The maximum Gasteiger partial charge on any atom is 0.0991 e. The van der Waals surface area contributed by atoms with Crippen LogP contribution in [0.1, 0.15) is 5.56 Å². The van der Waals surface area contributed by atoms with Crippen LogP contribution in [0.3, 0.4) is 0 Å². The first-order valence-corrected chi connectivity index (χ1v) is 16.2. The molecule has 0 aliphatic rings. The van der Waals surface area contributed by atoms with Crippen LogP contribution < -0.4 is 0 Å². The van der Waals surface area contributed by atoms with Crippen LogP contribution in [-0.4, -0.2) is 9.13 Å². The zero-order chi connectivity index (χ0) is 31.8. The Labute approximate surface area is 276 Å². The number of fused-ring (bicyclic) bond motifs is 9. The first-order valence-electron chi connectivity index (χ1n) is 16.2. The fraction of sp³-hybridized carbons (Fsp3) is 0. The van der Waals surface area contributed by atoms with E-state index in [4.69, 9.17) is 0 Å². The van der Waals surface area contributed by atoms with Gasteiger partial charge in [0.1, 0.15) is 0 Å². The van der Waals surface area contributed by atoms with E-state index in [0.717, 1.165) is 16.5 Å². The number of benzene rings is 8. The largest absolute Gasteiger partial charge is 0.309 e. The molecule has 2 heterocycles. The summed E-state index contributed by atoms with van der Waals surface area (Å²) in [7, 11) is 0. The summed E-state index contributed by atoms with van der Waals surface area (Å²) in [5, 5.41) is 19.0. The number of hydrogen-bond donors (Lipinski definition) is 0. The number of nitriles is 1. The number of hydrogen-bond acceptors (Lipinski definition) is 1. The van der Waals surface area contributed by atoms with Crippen LogP contribution >= 0.6 is 0 Å². The quantitative estimate of drug-likeness (QED) is 0.183. The summed E-state index contributed by atoms with van der Waals surface area (Å²) in [6.07, 6.45) is 0. The molecule has 0 aliphatic heterocycles. The highest BCUT2D eigenvalue weighted by Gasteiger charge is 2.17. The molecular weight excluding hydrogens is 583 g/mol. The monoisotopic (exact) mass is 609 g/mol. The lowest BCUT2D eigenvalue weighted by atomic mass is 9.99. The topological polar surface area (TPSA) is 33.6 Å². The van der Waals surface area contributed by atoms with E-state index in [2.05, 4.69) is 167 Å². The van der Waals surface area contributed by atoms with Crippen LogP contribution in [0.25, 0.3) is 87.7 Å². The Morgan fingerprint density at radius 2 is 0.958 bits per heavy atom. The van der Waals surface area contributed by atoms with Crippen LogP contribution in [0.15, 0.2) is 164 Å². The fourth-order valence-corrected chi connectivity index (χ4v) is 7.77. The van der Waals surface area contributed by atoms with Gasteiger partial charge in [-0.1, -0.05) is 97.1 Å². The molecule has 10 aromatic rings. The maximum atomic E-state index is 9.45. The molecule has 0 fully saturated rings. The average molecular weight is 610 g/mol. The molecule has 2 aromatic heterocycles. The molecule has 0 saturated carbocycles. The molecule has 3 nitrogen and oxygen atoms in total. The maximum absolute atomic E-state index is 9.45.